The quantitative estimate of drug-likeness (QED) is 0.757. The number of allylic oxidation sites excluding steroid dienone is 2. The molecule has 0 saturated heterocycles. The van der Waals surface area contributed by atoms with Crippen LogP contribution in [-0.2, 0) is 18.3 Å². The van der Waals surface area contributed by atoms with Gasteiger partial charge >= 0.3 is 0 Å². The minimum absolute atomic E-state index is 0.105. The first-order valence-electron chi connectivity index (χ1n) is 5.66. The molecule has 88 valence electrons. The van der Waals surface area contributed by atoms with Gasteiger partial charge in [-0.1, -0.05) is 23.8 Å². The first-order chi connectivity index (χ1) is 8.08. The molecule has 3 heteroatoms. The van der Waals surface area contributed by atoms with E-state index >= 15 is 0 Å². The molecule has 1 aromatic heterocycles. The number of hydrogen-bond acceptors (Lipinski definition) is 2. The second kappa shape index (κ2) is 4.53. The lowest BCUT2D eigenvalue weighted by atomic mass is 10.1. The van der Waals surface area contributed by atoms with Crippen LogP contribution in [0.4, 0.5) is 0 Å². The van der Waals surface area contributed by atoms with E-state index < -0.39 is 0 Å². The molecule has 3 nitrogen and oxygen atoms in total. The number of carbonyl (C=O) groups is 1. The Morgan fingerprint density at radius 2 is 2.06 bits per heavy atom. The summed E-state index contributed by atoms with van der Waals surface area (Å²) in [7, 11) is 1.90. The molecule has 1 heterocycles. The van der Waals surface area contributed by atoms with Gasteiger partial charge in [0.05, 0.1) is 17.6 Å². The molecule has 0 aliphatic carbocycles. The highest BCUT2D eigenvalue weighted by atomic mass is 16.1. The van der Waals surface area contributed by atoms with Crippen LogP contribution in [0.3, 0.4) is 0 Å². The molecular weight excluding hydrogens is 212 g/mol. The fraction of sp³-hybridized carbons (Fsp3) is 0.286. The molecule has 0 unspecified atom stereocenters. The van der Waals surface area contributed by atoms with Crippen LogP contribution < -0.4 is 0 Å². The number of rotatable bonds is 3. The third kappa shape index (κ3) is 2.44. The molecule has 0 spiro atoms. The Balaban J connectivity index is 2.37. The SMILES string of the molecule is CC(C)=CC(=O)Cc1nn(C)c2ccccc12. The van der Waals surface area contributed by atoms with E-state index in [0.29, 0.717) is 6.42 Å². The van der Waals surface area contributed by atoms with E-state index in [1.807, 2.05) is 49.8 Å². The van der Waals surface area contributed by atoms with Crippen LogP contribution >= 0.6 is 0 Å². The fourth-order valence-electron chi connectivity index (χ4n) is 1.96. The van der Waals surface area contributed by atoms with Gasteiger partial charge in [-0.3, -0.25) is 9.48 Å². The lowest BCUT2D eigenvalue weighted by Gasteiger charge is -1.94. The van der Waals surface area contributed by atoms with Gasteiger partial charge < -0.3 is 0 Å². The van der Waals surface area contributed by atoms with Crippen molar-refractivity contribution in [2.45, 2.75) is 20.3 Å². The number of benzene rings is 1. The number of ketones is 1. The summed E-state index contributed by atoms with van der Waals surface area (Å²) in [5.74, 6) is 0.105. The van der Waals surface area contributed by atoms with Crippen molar-refractivity contribution in [3.8, 4) is 0 Å². The van der Waals surface area contributed by atoms with Gasteiger partial charge in [0.2, 0.25) is 0 Å². The van der Waals surface area contributed by atoms with E-state index in [1.54, 1.807) is 6.08 Å². The van der Waals surface area contributed by atoms with E-state index in [9.17, 15) is 4.79 Å². The predicted molar refractivity (Wildman–Crippen MR) is 68.9 cm³/mol. The monoisotopic (exact) mass is 228 g/mol. The van der Waals surface area contributed by atoms with E-state index in [2.05, 4.69) is 5.10 Å². The summed E-state index contributed by atoms with van der Waals surface area (Å²) in [5.41, 5.74) is 2.94. The average molecular weight is 228 g/mol. The maximum atomic E-state index is 11.8. The van der Waals surface area contributed by atoms with Crippen LogP contribution in [0.25, 0.3) is 10.9 Å². The Kier molecular flexibility index (Phi) is 3.09. The minimum Gasteiger partial charge on any atom is -0.294 e. The maximum absolute atomic E-state index is 11.8. The maximum Gasteiger partial charge on any atom is 0.161 e. The van der Waals surface area contributed by atoms with Gasteiger partial charge in [-0.25, -0.2) is 0 Å². The third-order valence-corrected chi connectivity index (χ3v) is 2.63. The Bertz CT molecular complexity index is 589. The molecule has 0 atom stereocenters. The lowest BCUT2D eigenvalue weighted by Crippen LogP contribution is -2.01. The van der Waals surface area contributed by atoms with E-state index in [4.69, 9.17) is 0 Å². The van der Waals surface area contributed by atoms with Gasteiger partial charge in [0, 0.05) is 12.4 Å². The zero-order valence-electron chi connectivity index (χ0n) is 10.4. The minimum atomic E-state index is 0.105. The summed E-state index contributed by atoms with van der Waals surface area (Å²) in [4.78, 5) is 11.8. The van der Waals surface area contributed by atoms with Crippen LogP contribution in [0.1, 0.15) is 19.5 Å². The van der Waals surface area contributed by atoms with Crippen molar-refractivity contribution in [2.75, 3.05) is 0 Å². The van der Waals surface area contributed by atoms with E-state index in [1.165, 1.54) is 0 Å². The molecule has 17 heavy (non-hydrogen) atoms. The molecule has 0 aliphatic rings. The fourth-order valence-corrected chi connectivity index (χ4v) is 1.96. The lowest BCUT2D eigenvalue weighted by molar-refractivity contribution is -0.114. The number of carbonyl (C=O) groups excluding carboxylic acids is 1. The smallest absolute Gasteiger partial charge is 0.161 e. The van der Waals surface area contributed by atoms with Crippen LogP contribution in [0.5, 0.6) is 0 Å². The molecule has 0 bridgehead atoms. The number of nitrogens with zero attached hydrogens (tertiary/aromatic N) is 2. The first-order valence-corrected chi connectivity index (χ1v) is 5.66. The molecule has 0 amide bonds. The van der Waals surface area contributed by atoms with Crippen molar-refractivity contribution in [3.63, 3.8) is 0 Å². The highest BCUT2D eigenvalue weighted by Gasteiger charge is 2.10. The Hall–Kier alpha value is -1.90. The van der Waals surface area contributed by atoms with Gasteiger partial charge in [-0.15, -0.1) is 0 Å². The van der Waals surface area contributed by atoms with Gasteiger partial charge in [-0.05, 0) is 26.0 Å². The van der Waals surface area contributed by atoms with Crippen molar-refractivity contribution in [1.29, 1.82) is 0 Å². The highest BCUT2D eigenvalue weighted by Crippen LogP contribution is 2.18. The van der Waals surface area contributed by atoms with Gasteiger partial charge in [-0.2, -0.15) is 5.10 Å². The normalized spacial score (nSPS) is 10.5. The summed E-state index contributed by atoms with van der Waals surface area (Å²) in [5, 5.41) is 5.46. The number of aryl methyl sites for hydroxylation is 1. The van der Waals surface area contributed by atoms with Crippen LogP contribution in [-0.4, -0.2) is 15.6 Å². The van der Waals surface area contributed by atoms with E-state index in [-0.39, 0.29) is 5.78 Å². The molecule has 0 N–H and O–H groups in total. The predicted octanol–water partition coefficient (Wildman–Crippen LogP) is 2.65. The molecule has 0 aliphatic heterocycles. The summed E-state index contributed by atoms with van der Waals surface area (Å²) < 4.78 is 1.82. The van der Waals surface area contributed by atoms with Crippen LogP contribution in [0.15, 0.2) is 35.9 Å². The van der Waals surface area contributed by atoms with Crippen molar-refractivity contribution in [1.82, 2.24) is 9.78 Å². The van der Waals surface area contributed by atoms with Crippen LogP contribution in [0, 0.1) is 0 Å². The Labute approximate surface area is 101 Å². The van der Waals surface area contributed by atoms with Crippen molar-refractivity contribution in [2.24, 2.45) is 7.05 Å². The number of hydrogen-bond donors (Lipinski definition) is 0. The summed E-state index contributed by atoms with van der Waals surface area (Å²) in [6.45, 7) is 3.85. The largest absolute Gasteiger partial charge is 0.294 e. The van der Waals surface area contributed by atoms with Gasteiger partial charge in [0.25, 0.3) is 0 Å². The van der Waals surface area contributed by atoms with E-state index in [0.717, 1.165) is 22.2 Å². The molecule has 2 rings (SSSR count). The summed E-state index contributed by atoms with van der Waals surface area (Å²) in [6.07, 6.45) is 2.04. The average Bonchev–Trinajstić information content (AvgIpc) is 2.55. The second-order valence-corrected chi connectivity index (χ2v) is 4.45. The number of aromatic nitrogens is 2. The number of para-hydroxylation sites is 1. The zero-order chi connectivity index (χ0) is 12.4. The topological polar surface area (TPSA) is 34.9 Å². The first kappa shape index (κ1) is 11.6. The molecule has 0 saturated carbocycles. The molecule has 1 aromatic carbocycles. The van der Waals surface area contributed by atoms with Crippen molar-refractivity contribution in [3.05, 3.63) is 41.6 Å². The van der Waals surface area contributed by atoms with Crippen molar-refractivity contribution >= 4 is 16.7 Å². The summed E-state index contributed by atoms with van der Waals surface area (Å²) in [6, 6.07) is 7.97. The Morgan fingerprint density at radius 1 is 1.35 bits per heavy atom. The summed E-state index contributed by atoms with van der Waals surface area (Å²) >= 11 is 0. The van der Waals surface area contributed by atoms with Crippen LogP contribution in [0.2, 0.25) is 0 Å². The molecular formula is C14H16N2O. The number of fused-ring (bicyclic) bond motifs is 1. The van der Waals surface area contributed by atoms with Crippen molar-refractivity contribution < 1.29 is 4.79 Å². The molecule has 0 radical (unpaired) electrons. The Morgan fingerprint density at radius 3 is 2.76 bits per heavy atom. The zero-order valence-corrected chi connectivity index (χ0v) is 10.4. The second-order valence-electron chi connectivity index (χ2n) is 4.45. The third-order valence-electron chi connectivity index (χ3n) is 2.63. The molecule has 2 aromatic rings. The van der Waals surface area contributed by atoms with Gasteiger partial charge in [0.15, 0.2) is 5.78 Å². The standard InChI is InChI=1S/C14H16N2O/c1-10(2)8-11(17)9-13-12-6-4-5-7-14(12)16(3)15-13/h4-8H,9H2,1-3H3. The molecule has 0 fully saturated rings. The highest BCUT2D eigenvalue weighted by molar-refractivity contribution is 5.94. The van der Waals surface area contributed by atoms with Gasteiger partial charge in [0.1, 0.15) is 0 Å².